The van der Waals surface area contributed by atoms with Crippen LogP contribution in [0.25, 0.3) is 0 Å². The van der Waals surface area contributed by atoms with E-state index in [0.29, 0.717) is 22.9 Å². The first-order valence-corrected chi connectivity index (χ1v) is 6.19. The number of halogens is 1. The van der Waals surface area contributed by atoms with Crippen molar-refractivity contribution in [2.75, 3.05) is 23.8 Å². The molecule has 0 radical (unpaired) electrons. The molecular formula is C13H15ClN2O3. The van der Waals surface area contributed by atoms with E-state index >= 15 is 0 Å². The summed E-state index contributed by atoms with van der Waals surface area (Å²) in [5, 5.41) is 12.7. The lowest BCUT2D eigenvalue weighted by Gasteiger charge is -2.28. The summed E-state index contributed by atoms with van der Waals surface area (Å²) in [5.74, 6) is -1.22. The third kappa shape index (κ3) is 2.72. The molecule has 0 fully saturated rings. The molecule has 0 atom stereocenters. The van der Waals surface area contributed by atoms with E-state index < -0.39 is 17.3 Å². The molecule has 1 aliphatic heterocycles. The quantitative estimate of drug-likeness (QED) is 0.828. The fraction of sp³-hybridized carbons (Fsp3) is 0.385. The van der Waals surface area contributed by atoms with Crippen molar-refractivity contribution in [3.8, 4) is 0 Å². The van der Waals surface area contributed by atoms with E-state index in [1.807, 2.05) is 0 Å². The van der Waals surface area contributed by atoms with Crippen LogP contribution in [-0.4, -0.2) is 36.0 Å². The number of nitrogens with zero attached hydrogens (tertiary/aromatic N) is 1. The highest BCUT2D eigenvalue weighted by Gasteiger charge is 2.30. The van der Waals surface area contributed by atoms with Gasteiger partial charge < -0.3 is 15.3 Å². The first-order chi connectivity index (χ1) is 8.69. The van der Waals surface area contributed by atoms with Gasteiger partial charge in [0.15, 0.2) is 0 Å². The van der Waals surface area contributed by atoms with E-state index in [1.54, 1.807) is 31.9 Å². The van der Waals surface area contributed by atoms with Crippen LogP contribution >= 0.6 is 11.6 Å². The van der Waals surface area contributed by atoms with E-state index in [9.17, 15) is 14.7 Å². The van der Waals surface area contributed by atoms with E-state index in [2.05, 4.69) is 5.32 Å². The fourth-order valence-electron chi connectivity index (χ4n) is 2.11. The summed E-state index contributed by atoms with van der Waals surface area (Å²) in [4.78, 5) is 24.6. The Labute approximate surface area is 116 Å². The maximum atomic E-state index is 11.5. The lowest BCUT2D eigenvalue weighted by Crippen LogP contribution is -2.36. The number of hydrogen-bond donors (Lipinski definition) is 2. The van der Waals surface area contributed by atoms with Crippen LogP contribution in [0.15, 0.2) is 12.1 Å². The minimum atomic E-state index is -0.879. The van der Waals surface area contributed by atoms with Crippen molar-refractivity contribution in [2.45, 2.75) is 19.4 Å². The Balaban J connectivity index is 2.37. The molecule has 0 saturated heterocycles. The van der Waals surface area contributed by atoms with E-state index in [0.717, 1.165) is 0 Å². The molecule has 0 spiro atoms. The zero-order valence-corrected chi connectivity index (χ0v) is 11.7. The summed E-state index contributed by atoms with van der Waals surface area (Å²) in [5.41, 5.74) is 0.515. The van der Waals surface area contributed by atoms with Gasteiger partial charge in [0.2, 0.25) is 0 Å². The van der Waals surface area contributed by atoms with Crippen LogP contribution in [0.4, 0.5) is 11.4 Å². The Kier molecular flexibility index (Phi) is 3.28. The third-order valence-electron chi connectivity index (χ3n) is 2.82. The second kappa shape index (κ2) is 4.51. The van der Waals surface area contributed by atoms with Crippen LogP contribution in [0.3, 0.4) is 0 Å². The maximum absolute atomic E-state index is 11.5. The Hall–Kier alpha value is -1.59. The van der Waals surface area contributed by atoms with Crippen LogP contribution < -0.4 is 10.2 Å². The van der Waals surface area contributed by atoms with Crippen molar-refractivity contribution in [3.05, 3.63) is 22.7 Å². The number of carbonyl (C=O) groups excluding carboxylic acids is 2. The molecule has 1 amide bonds. The molecule has 0 aromatic heterocycles. The van der Waals surface area contributed by atoms with Gasteiger partial charge >= 0.3 is 0 Å². The number of hydrogen-bond acceptors (Lipinski definition) is 4. The molecule has 1 aromatic rings. The minimum Gasteiger partial charge on any atom is -0.389 e. The van der Waals surface area contributed by atoms with E-state index in [1.165, 1.54) is 6.07 Å². The molecule has 19 heavy (non-hydrogen) atoms. The highest BCUT2D eigenvalue weighted by Crippen LogP contribution is 2.35. The van der Waals surface area contributed by atoms with Gasteiger partial charge in [0.1, 0.15) is 0 Å². The van der Waals surface area contributed by atoms with Gasteiger partial charge in [0, 0.05) is 13.6 Å². The normalized spacial score (nSPS) is 14.4. The zero-order chi connectivity index (χ0) is 14.4. The Morgan fingerprint density at radius 3 is 2.58 bits per heavy atom. The first kappa shape index (κ1) is 13.8. The second-order valence-electron chi connectivity index (χ2n) is 5.30. The molecule has 1 aliphatic rings. The lowest BCUT2D eigenvalue weighted by atomic mass is 10.1. The van der Waals surface area contributed by atoms with Crippen LogP contribution in [0, 0.1) is 0 Å². The number of rotatable bonds is 3. The molecule has 2 rings (SSSR count). The molecule has 6 heteroatoms. The summed E-state index contributed by atoms with van der Waals surface area (Å²) < 4.78 is 0. The van der Waals surface area contributed by atoms with Crippen molar-refractivity contribution < 1.29 is 14.7 Å². The minimum absolute atomic E-state index is 0.287. The Morgan fingerprint density at radius 2 is 2.00 bits per heavy atom. The zero-order valence-electron chi connectivity index (χ0n) is 11.0. The summed E-state index contributed by atoms with van der Waals surface area (Å²) in [7, 11) is 1.78. The number of fused-ring (bicyclic) bond motifs is 1. The number of aliphatic hydroxyl groups is 1. The van der Waals surface area contributed by atoms with Crippen LogP contribution in [0.2, 0.25) is 5.02 Å². The van der Waals surface area contributed by atoms with E-state index in [4.69, 9.17) is 11.6 Å². The predicted molar refractivity (Wildman–Crippen MR) is 74.0 cm³/mol. The SMILES string of the molecule is CN(CC(C)(C)O)c1cc2c(cc1Cl)C(=O)C(=O)N2. The number of nitrogens with one attached hydrogen (secondary N) is 1. The van der Waals surface area contributed by atoms with Crippen molar-refractivity contribution in [1.29, 1.82) is 0 Å². The highest BCUT2D eigenvalue weighted by molar-refractivity contribution is 6.52. The molecule has 1 aromatic carbocycles. The number of Topliss-reactive ketones (excluding diaryl/α,β-unsaturated/α-hetero) is 1. The summed E-state index contributed by atoms with van der Waals surface area (Å²) in [6, 6.07) is 3.12. The smallest absolute Gasteiger partial charge is 0.296 e. The van der Waals surface area contributed by atoms with Crippen molar-refractivity contribution in [3.63, 3.8) is 0 Å². The standard InChI is InChI=1S/C13H15ClN2O3/c1-13(2,19)6-16(3)10-5-9-7(4-8(10)14)11(17)12(18)15-9/h4-5,19H,6H2,1-3H3,(H,15,17,18). The molecule has 2 N–H and O–H groups in total. The van der Waals surface area contributed by atoms with Gasteiger partial charge in [-0.2, -0.15) is 0 Å². The Bertz CT molecular complexity index is 564. The third-order valence-corrected chi connectivity index (χ3v) is 3.12. The average molecular weight is 283 g/mol. The fourth-order valence-corrected chi connectivity index (χ4v) is 2.42. The number of amides is 1. The second-order valence-corrected chi connectivity index (χ2v) is 5.71. The summed E-state index contributed by atoms with van der Waals surface area (Å²) in [6.45, 7) is 3.75. The van der Waals surface area contributed by atoms with Crippen LogP contribution in [0.1, 0.15) is 24.2 Å². The highest BCUT2D eigenvalue weighted by atomic mass is 35.5. The Morgan fingerprint density at radius 1 is 1.37 bits per heavy atom. The molecule has 0 unspecified atom stereocenters. The monoisotopic (exact) mass is 282 g/mol. The van der Waals surface area contributed by atoms with Crippen LogP contribution in [-0.2, 0) is 4.79 Å². The van der Waals surface area contributed by atoms with Crippen molar-refractivity contribution in [2.24, 2.45) is 0 Å². The van der Waals surface area contributed by atoms with Gasteiger partial charge in [-0.3, -0.25) is 9.59 Å². The predicted octanol–water partition coefficient (Wildman–Crippen LogP) is 1.68. The molecule has 0 aliphatic carbocycles. The largest absolute Gasteiger partial charge is 0.389 e. The van der Waals surface area contributed by atoms with Crippen LogP contribution in [0.5, 0.6) is 0 Å². The van der Waals surface area contributed by atoms with Gasteiger partial charge in [-0.15, -0.1) is 0 Å². The van der Waals surface area contributed by atoms with Crippen molar-refractivity contribution >= 4 is 34.7 Å². The first-order valence-electron chi connectivity index (χ1n) is 5.82. The van der Waals surface area contributed by atoms with Gasteiger partial charge in [-0.05, 0) is 26.0 Å². The topological polar surface area (TPSA) is 69.6 Å². The average Bonchev–Trinajstić information content (AvgIpc) is 2.52. The maximum Gasteiger partial charge on any atom is 0.296 e. The molecule has 5 nitrogen and oxygen atoms in total. The molecule has 1 heterocycles. The van der Waals surface area contributed by atoms with Gasteiger partial charge in [-0.25, -0.2) is 0 Å². The van der Waals surface area contributed by atoms with Gasteiger partial charge in [-0.1, -0.05) is 11.6 Å². The summed E-state index contributed by atoms with van der Waals surface area (Å²) in [6.07, 6.45) is 0. The number of benzene rings is 1. The summed E-state index contributed by atoms with van der Waals surface area (Å²) >= 11 is 6.13. The van der Waals surface area contributed by atoms with E-state index in [-0.39, 0.29) is 5.56 Å². The lowest BCUT2D eigenvalue weighted by molar-refractivity contribution is -0.112. The molecular weight excluding hydrogens is 268 g/mol. The number of ketones is 1. The van der Waals surface area contributed by atoms with Gasteiger partial charge in [0.05, 0.1) is 27.6 Å². The number of anilines is 2. The molecule has 0 saturated carbocycles. The molecule has 102 valence electrons. The molecule has 0 bridgehead atoms. The number of likely N-dealkylation sites (N-methyl/N-ethyl adjacent to an activating group) is 1. The van der Waals surface area contributed by atoms with Crippen molar-refractivity contribution in [1.82, 2.24) is 0 Å². The number of carbonyl (C=O) groups is 2. The van der Waals surface area contributed by atoms with Gasteiger partial charge in [0.25, 0.3) is 11.7 Å².